The largest absolute Gasteiger partial charge is 0.282 e. The standard InChI is InChI=1S/C12H23F2N/c1-10(2,3)12(14,15-7-6-13)9-8-11(9,4)5/h9,15H,6-8H2,1-5H3. The van der Waals surface area contributed by atoms with Crippen molar-refractivity contribution < 1.29 is 8.78 Å². The fourth-order valence-electron chi connectivity index (χ4n) is 2.29. The predicted octanol–water partition coefficient (Wildman–Crippen LogP) is 3.30. The van der Waals surface area contributed by atoms with Crippen LogP contribution >= 0.6 is 0 Å². The second-order valence-corrected chi connectivity index (χ2v) is 6.32. The van der Waals surface area contributed by atoms with Gasteiger partial charge in [-0.1, -0.05) is 34.6 Å². The zero-order chi connectivity index (χ0) is 11.9. The Bertz CT molecular complexity index is 232. The Labute approximate surface area is 91.6 Å². The van der Waals surface area contributed by atoms with Crippen molar-refractivity contribution in [3.05, 3.63) is 0 Å². The Morgan fingerprint density at radius 1 is 1.33 bits per heavy atom. The molecule has 90 valence electrons. The molecular weight excluding hydrogens is 196 g/mol. The van der Waals surface area contributed by atoms with Crippen LogP contribution in [0, 0.1) is 16.7 Å². The van der Waals surface area contributed by atoms with E-state index in [1.807, 2.05) is 20.8 Å². The molecule has 1 nitrogen and oxygen atoms in total. The van der Waals surface area contributed by atoms with Crippen molar-refractivity contribution in [3.8, 4) is 0 Å². The third-order valence-corrected chi connectivity index (χ3v) is 3.56. The van der Waals surface area contributed by atoms with Crippen LogP contribution in [0.2, 0.25) is 0 Å². The minimum absolute atomic E-state index is 0.00319. The van der Waals surface area contributed by atoms with Crippen LogP contribution in [-0.4, -0.2) is 19.0 Å². The fourth-order valence-corrected chi connectivity index (χ4v) is 2.29. The van der Waals surface area contributed by atoms with Crippen LogP contribution in [0.4, 0.5) is 8.78 Å². The summed E-state index contributed by atoms with van der Waals surface area (Å²) in [5, 5.41) is 2.76. The molecule has 3 heteroatoms. The van der Waals surface area contributed by atoms with E-state index in [0.717, 1.165) is 6.42 Å². The SMILES string of the molecule is CC1(C)CC1C(F)(NCCF)C(C)(C)C. The normalized spacial score (nSPS) is 28.6. The van der Waals surface area contributed by atoms with E-state index in [1.165, 1.54) is 0 Å². The molecule has 1 aliphatic rings. The Morgan fingerprint density at radius 2 is 1.80 bits per heavy atom. The van der Waals surface area contributed by atoms with E-state index in [2.05, 4.69) is 19.2 Å². The summed E-state index contributed by atoms with van der Waals surface area (Å²) < 4.78 is 27.0. The molecule has 0 spiro atoms. The first-order chi connectivity index (χ1) is 6.65. The van der Waals surface area contributed by atoms with Crippen LogP contribution in [0.1, 0.15) is 41.0 Å². The number of halogens is 2. The monoisotopic (exact) mass is 219 g/mol. The van der Waals surface area contributed by atoms with Crippen molar-refractivity contribution in [1.29, 1.82) is 0 Å². The van der Waals surface area contributed by atoms with E-state index in [0.29, 0.717) is 0 Å². The summed E-state index contributed by atoms with van der Waals surface area (Å²) in [4.78, 5) is 0. The topological polar surface area (TPSA) is 12.0 Å². The van der Waals surface area contributed by atoms with E-state index >= 15 is 0 Å². The van der Waals surface area contributed by atoms with Crippen molar-refractivity contribution >= 4 is 0 Å². The van der Waals surface area contributed by atoms with Crippen LogP contribution in [0.3, 0.4) is 0 Å². The maximum atomic E-state index is 14.9. The van der Waals surface area contributed by atoms with Gasteiger partial charge in [-0.2, -0.15) is 0 Å². The number of hydrogen-bond acceptors (Lipinski definition) is 1. The predicted molar refractivity (Wildman–Crippen MR) is 59.2 cm³/mol. The molecule has 15 heavy (non-hydrogen) atoms. The van der Waals surface area contributed by atoms with Gasteiger partial charge in [-0.3, -0.25) is 5.32 Å². The molecule has 1 rings (SSSR count). The van der Waals surface area contributed by atoms with Gasteiger partial charge in [0.2, 0.25) is 0 Å². The highest BCUT2D eigenvalue weighted by molar-refractivity contribution is 5.10. The van der Waals surface area contributed by atoms with E-state index in [-0.39, 0.29) is 17.9 Å². The lowest BCUT2D eigenvalue weighted by Crippen LogP contribution is -2.54. The van der Waals surface area contributed by atoms with Crippen LogP contribution in [-0.2, 0) is 0 Å². The highest BCUT2D eigenvalue weighted by Gasteiger charge is 2.63. The molecule has 0 radical (unpaired) electrons. The number of nitrogens with one attached hydrogen (secondary N) is 1. The van der Waals surface area contributed by atoms with Crippen molar-refractivity contribution in [2.75, 3.05) is 13.2 Å². The van der Waals surface area contributed by atoms with E-state index < -0.39 is 17.9 Å². The third-order valence-electron chi connectivity index (χ3n) is 3.56. The van der Waals surface area contributed by atoms with Gasteiger partial charge < -0.3 is 0 Å². The zero-order valence-corrected chi connectivity index (χ0v) is 10.5. The minimum Gasteiger partial charge on any atom is -0.282 e. The molecule has 2 unspecified atom stereocenters. The maximum Gasteiger partial charge on any atom is 0.169 e. The molecule has 0 heterocycles. The average Bonchev–Trinajstić information content (AvgIpc) is 2.69. The van der Waals surface area contributed by atoms with Crippen molar-refractivity contribution in [2.45, 2.75) is 46.8 Å². The molecule has 0 aromatic rings. The first kappa shape index (κ1) is 12.9. The highest BCUT2D eigenvalue weighted by atomic mass is 19.1. The average molecular weight is 219 g/mol. The third kappa shape index (κ3) is 2.32. The van der Waals surface area contributed by atoms with Crippen molar-refractivity contribution in [3.63, 3.8) is 0 Å². The fraction of sp³-hybridized carbons (Fsp3) is 1.00. The van der Waals surface area contributed by atoms with Gasteiger partial charge in [-0.15, -0.1) is 0 Å². The van der Waals surface area contributed by atoms with E-state index in [1.54, 1.807) is 0 Å². The zero-order valence-electron chi connectivity index (χ0n) is 10.5. The molecule has 2 atom stereocenters. The van der Waals surface area contributed by atoms with Gasteiger partial charge >= 0.3 is 0 Å². The molecule has 0 aromatic heterocycles. The van der Waals surface area contributed by atoms with E-state index in [4.69, 9.17) is 0 Å². The molecule has 1 N–H and O–H groups in total. The number of rotatable bonds is 4. The van der Waals surface area contributed by atoms with Crippen LogP contribution in [0.5, 0.6) is 0 Å². The molecule has 0 amide bonds. The minimum atomic E-state index is -1.46. The molecule has 1 saturated carbocycles. The van der Waals surface area contributed by atoms with Crippen molar-refractivity contribution in [1.82, 2.24) is 5.32 Å². The second kappa shape index (κ2) is 3.69. The Balaban J connectivity index is 2.79. The molecule has 1 fully saturated rings. The second-order valence-electron chi connectivity index (χ2n) is 6.32. The Morgan fingerprint density at radius 3 is 2.07 bits per heavy atom. The van der Waals surface area contributed by atoms with Crippen molar-refractivity contribution in [2.24, 2.45) is 16.7 Å². The summed E-state index contributed by atoms with van der Waals surface area (Å²) in [6.45, 7) is 9.31. The van der Waals surface area contributed by atoms with Gasteiger partial charge in [0.1, 0.15) is 6.67 Å². The number of alkyl halides is 2. The lowest BCUT2D eigenvalue weighted by Gasteiger charge is -2.40. The molecule has 1 aliphatic carbocycles. The van der Waals surface area contributed by atoms with Gasteiger partial charge in [0.05, 0.1) is 0 Å². The molecule has 0 saturated heterocycles. The number of hydrogen-bond donors (Lipinski definition) is 1. The lowest BCUT2D eigenvalue weighted by atomic mass is 9.79. The summed E-state index contributed by atoms with van der Waals surface area (Å²) >= 11 is 0. The summed E-state index contributed by atoms with van der Waals surface area (Å²) in [6, 6.07) is 0. The van der Waals surface area contributed by atoms with Gasteiger partial charge in [-0.25, -0.2) is 8.78 Å². The summed E-state index contributed by atoms with van der Waals surface area (Å²) in [7, 11) is 0. The first-order valence-corrected chi connectivity index (χ1v) is 5.65. The van der Waals surface area contributed by atoms with Gasteiger partial charge in [0.15, 0.2) is 5.79 Å². The maximum absolute atomic E-state index is 14.9. The highest BCUT2D eigenvalue weighted by Crippen LogP contribution is 2.61. The van der Waals surface area contributed by atoms with Crippen LogP contribution in [0.15, 0.2) is 0 Å². The molecule has 0 aliphatic heterocycles. The van der Waals surface area contributed by atoms with Crippen LogP contribution in [0.25, 0.3) is 0 Å². The summed E-state index contributed by atoms with van der Waals surface area (Å²) in [5.74, 6) is -1.46. The van der Waals surface area contributed by atoms with Gasteiger partial charge in [-0.05, 0) is 11.8 Å². The van der Waals surface area contributed by atoms with Gasteiger partial charge in [0.25, 0.3) is 0 Å². The van der Waals surface area contributed by atoms with Gasteiger partial charge in [0, 0.05) is 17.9 Å². The molecule has 0 bridgehead atoms. The molecular formula is C12H23F2N. The first-order valence-electron chi connectivity index (χ1n) is 5.65. The van der Waals surface area contributed by atoms with E-state index in [9.17, 15) is 8.78 Å². The van der Waals surface area contributed by atoms with Crippen LogP contribution < -0.4 is 5.32 Å². The summed E-state index contributed by atoms with van der Waals surface area (Å²) in [5.41, 5.74) is -0.452. The lowest BCUT2D eigenvalue weighted by molar-refractivity contribution is -0.0371. The quantitative estimate of drug-likeness (QED) is 0.715. The summed E-state index contributed by atoms with van der Waals surface area (Å²) in [6.07, 6.45) is 0.875. The Hall–Kier alpha value is -0.180. The Kier molecular flexibility index (Phi) is 3.17. The molecule has 0 aromatic carbocycles. The smallest absolute Gasteiger partial charge is 0.169 e.